The molecule has 3 aromatic heterocycles. The lowest BCUT2D eigenvalue weighted by atomic mass is 10.2. The zero-order chi connectivity index (χ0) is 17.1. The molecule has 0 saturated carbocycles. The molecule has 1 aliphatic rings. The van der Waals surface area contributed by atoms with Crippen LogP contribution in [0.15, 0.2) is 40.1 Å². The molecule has 0 saturated heterocycles. The van der Waals surface area contributed by atoms with Gasteiger partial charge in [0.05, 0.1) is 5.69 Å². The van der Waals surface area contributed by atoms with E-state index < -0.39 is 0 Å². The lowest BCUT2D eigenvalue weighted by Crippen LogP contribution is -2.35. The van der Waals surface area contributed by atoms with Crippen molar-refractivity contribution in [1.82, 2.24) is 15.3 Å². The molecule has 124 valence electrons. The Kier molecular flexibility index (Phi) is 4.41. The molecule has 3 aromatic rings. The molecule has 0 fully saturated rings. The summed E-state index contributed by atoms with van der Waals surface area (Å²) in [4.78, 5) is 14.3. The average molecular weight is 366 g/mol. The Morgan fingerprint density at radius 3 is 2.92 bits per heavy atom. The Bertz CT molecular complexity index is 948. The number of nitrogens with zero attached hydrogens (tertiary/aromatic N) is 4. The van der Waals surface area contributed by atoms with Crippen molar-refractivity contribution in [3.05, 3.63) is 40.8 Å². The number of nitrogens with one attached hydrogen (secondary N) is 2. The van der Waals surface area contributed by atoms with Gasteiger partial charge < -0.3 is 10.6 Å². The fourth-order valence-electron chi connectivity index (χ4n) is 2.41. The van der Waals surface area contributed by atoms with Crippen molar-refractivity contribution in [3.63, 3.8) is 0 Å². The first-order valence-corrected chi connectivity index (χ1v) is 9.54. The van der Waals surface area contributed by atoms with Crippen molar-refractivity contribution in [3.8, 4) is 27.8 Å². The third-order valence-electron chi connectivity index (χ3n) is 3.68. The average Bonchev–Trinajstić information content (AvgIpc) is 3.32. The molecule has 0 unspecified atom stereocenters. The van der Waals surface area contributed by atoms with Crippen LogP contribution in [0.5, 0.6) is 0 Å². The van der Waals surface area contributed by atoms with Gasteiger partial charge in [-0.1, -0.05) is 0 Å². The van der Waals surface area contributed by atoms with E-state index in [1.807, 2.05) is 17.5 Å². The van der Waals surface area contributed by atoms with Gasteiger partial charge in [-0.25, -0.2) is 9.97 Å². The topological polar surface area (TPSA) is 86.0 Å². The summed E-state index contributed by atoms with van der Waals surface area (Å²) in [7, 11) is 0. The molecule has 0 radical (unpaired) electrons. The van der Waals surface area contributed by atoms with Crippen molar-refractivity contribution < 1.29 is 0 Å². The second-order valence-electron chi connectivity index (χ2n) is 5.42. The highest BCUT2D eigenvalue weighted by atomic mass is 32.1. The van der Waals surface area contributed by atoms with Gasteiger partial charge in [-0.05, 0) is 24.6 Å². The van der Waals surface area contributed by atoms with E-state index in [1.165, 1.54) is 0 Å². The maximum absolute atomic E-state index is 8.84. The number of guanidine groups is 1. The summed E-state index contributed by atoms with van der Waals surface area (Å²) in [6, 6.07) is 7.79. The number of pyridine rings is 1. The summed E-state index contributed by atoms with van der Waals surface area (Å²) in [5.74, 6) is 0.793. The Balaban J connectivity index is 1.52. The van der Waals surface area contributed by atoms with E-state index in [0.717, 1.165) is 52.3 Å². The standard InChI is InChI=1S/C17H14N6S2/c18-7-13-3-2-11(8-21-13)15-6-12(9-24-15)14-10-25-17(22-14)23-16-19-4-1-5-20-16/h2-3,6,8-10H,1,4-5H2,(H2,19,20,22,23). The monoisotopic (exact) mass is 366 g/mol. The Labute approximate surface area is 152 Å². The molecule has 0 bridgehead atoms. The summed E-state index contributed by atoms with van der Waals surface area (Å²) in [6.07, 6.45) is 2.80. The van der Waals surface area contributed by atoms with Crippen LogP contribution in [0.1, 0.15) is 12.1 Å². The molecule has 0 spiro atoms. The van der Waals surface area contributed by atoms with Gasteiger partial charge >= 0.3 is 0 Å². The van der Waals surface area contributed by atoms with Crippen LogP contribution in [-0.4, -0.2) is 29.0 Å². The number of thiophene rings is 1. The number of hydrogen-bond donors (Lipinski definition) is 2. The second kappa shape index (κ2) is 7.01. The molecule has 2 N–H and O–H groups in total. The van der Waals surface area contributed by atoms with Gasteiger partial charge in [-0.2, -0.15) is 5.26 Å². The van der Waals surface area contributed by atoms with E-state index in [4.69, 9.17) is 5.26 Å². The van der Waals surface area contributed by atoms with Gasteiger partial charge in [0.15, 0.2) is 11.1 Å². The minimum Gasteiger partial charge on any atom is -0.356 e. The van der Waals surface area contributed by atoms with Gasteiger partial charge in [-0.3, -0.25) is 4.99 Å². The highest BCUT2D eigenvalue weighted by Crippen LogP contribution is 2.33. The highest BCUT2D eigenvalue weighted by Gasteiger charge is 2.11. The maximum atomic E-state index is 8.84. The molecule has 0 aromatic carbocycles. The van der Waals surface area contributed by atoms with Crippen molar-refractivity contribution in [2.45, 2.75) is 6.42 Å². The van der Waals surface area contributed by atoms with Gasteiger partial charge in [0.2, 0.25) is 0 Å². The number of anilines is 1. The summed E-state index contributed by atoms with van der Waals surface area (Å²) >= 11 is 3.20. The molecule has 0 aliphatic carbocycles. The number of thiazole rings is 1. The summed E-state index contributed by atoms with van der Waals surface area (Å²) < 4.78 is 0. The Hall–Kier alpha value is -2.76. The van der Waals surface area contributed by atoms with E-state index in [0.29, 0.717) is 5.69 Å². The molecule has 25 heavy (non-hydrogen) atoms. The van der Waals surface area contributed by atoms with Crippen molar-refractivity contribution in [1.29, 1.82) is 5.26 Å². The first-order chi connectivity index (χ1) is 12.3. The van der Waals surface area contributed by atoms with E-state index in [9.17, 15) is 0 Å². The highest BCUT2D eigenvalue weighted by molar-refractivity contribution is 7.15. The number of aliphatic imine (C=N–C) groups is 1. The van der Waals surface area contributed by atoms with Crippen LogP contribution in [0.3, 0.4) is 0 Å². The minimum absolute atomic E-state index is 0.426. The zero-order valence-electron chi connectivity index (χ0n) is 13.2. The summed E-state index contributed by atoms with van der Waals surface area (Å²) in [5, 5.41) is 20.2. The number of aromatic nitrogens is 2. The smallest absolute Gasteiger partial charge is 0.197 e. The van der Waals surface area contributed by atoms with Crippen LogP contribution in [0.4, 0.5) is 5.13 Å². The number of rotatable bonds is 3. The van der Waals surface area contributed by atoms with Crippen molar-refractivity contribution >= 4 is 33.8 Å². The zero-order valence-corrected chi connectivity index (χ0v) is 14.8. The normalized spacial score (nSPS) is 13.6. The molecule has 1 aliphatic heterocycles. The number of hydrogen-bond acceptors (Lipinski definition) is 8. The fourth-order valence-corrected chi connectivity index (χ4v) is 4.02. The third kappa shape index (κ3) is 3.52. The van der Waals surface area contributed by atoms with Crippen LogP contribution >= 0.6 is 22.7 Å². The lowest BCUT2D eigenvalue weighted by Gasteiger charge is -2.14. The molecule has 4 rings (SSSR count). The molecule has 8 heteroatoms. The van der Waals surface area contributed by atoms with Gasteiger partial charge in [0, 0.05) is 46.1 Å². The predicted molar refractivity (Wildman–Crippen MR) is 102 cm³/mol. The quantitative estimate of drug-likeness (QED) is 0.740. The first kappa shape index (κ1) is 15.7. The summed E-state index contributed by atoms with van der Waals surface area (Å²) in [6.45, 7) is 1.79. The minimum atomic E-state index is 0.426. The van der Waals surface area contributed by atoms with Crippen LogP contribution in [0.2, 0.25) is 0 Å². The largest absolute Gasteiger partial charge is 0.356 e. The fraction of sp³-hybridized carbons (Fsp3) is 0.176. The van der Waals surface area contributed by atoms with Crippen LogP contribution in [0, 0.1) is 11.3 Å². The molecule has 0 atom stereocenters. The molecule has 6 nitrogen and oxygen atoms in total. The second-order valence-corrected chi connectivity index (χ2v) is 7.19. The van der Waals surface area contributed by atoms with Crippen LogP contribution in [0.25, 0.3) is 21.7 Å². The van der Waals surface area contributed by atoms with Crippen molar-refractivity contribution in [2.24, 2.45) is 4.99 Å². The summed E-state index contributed by atoms with van der Waals surface area (Å²) in [5.41, 5.74) is 3.44. The van der Waals surface area contributed by atoms with E-state index >= 15 is 0 Å². The maximum Gasteiger partial charge on any atom is 0.197 e. The van der Waals surface area contributed by atoms with E-state index in [2.05, 4.69) is 37.0 Å². The van der Waals surface area contributed by atoms with E-state index in [1.54, 1.807) is 34.9 Å². The first-order valence-electron chi connectivity index (χ1n) is 7.78. The van der Waals surface area contributed by atoms with Crippen molar-refractivity contribution in [2.75, 3.05) is 18.4 Å². The third-order valence-corrected chi connectivity index (χ3v) is 5.42. The van der Waals surface area contributed by atoms with E-state index in [-0.39, 0.29) is 0 Å². The Morgan fingerprint density at radius 2 is 2.16 bits per heavy atom. The van der Waals surface area contributed by atoms with Gasteiger partial charge in [-0.15, -0.1) is 22.7 Å². The Morgan fingerprint density at radius 1 is 1.20 bits per heavy atom. The molecular formula is C17H14N6S2. The predicted octanol–water partition coefficient (Wildman–Crippen LogP) is 3.57. The lowest BCUT2D eigenvalue weighted by molar-refractivity contribution is 0.740. The van der Waals surface area contributed by atoms with Crippen LogP contribution < -0.4 is 10.6 Å². The molecule has 0 amide bonds. The number of nitriles is 1. The van der Waals surface area contributed by atoms with Crippen LogP contribution in [-0.2, 0) is 0 Å². The van der Waals surface area contributed by atoms with Gasteiger partial charge in [0.25, 0.3) is 0 Å². The van der Waals surface area contributed by atoms with Gasteiger partial charge in [0.1, 0.15) is 11.8 Å². The molecule has 4 heterocycles. The SMILES string of the molecule is N#Cc1ccc(-c2cc(-c3csc(NC4=NCCCN4)n3)cs2)cn1. The molecular weight excluding hydrogens is 352 g/mol.